The zero-order valence-electron chi connectivity index (χ0n) is 13.8. The van der Waals surface area contributed by atoms with Crippen molar-refractivity contribution in [2.24, 2.45) is 0 Å². The topological polar surface area (TPSA) is 121 Å². The zero-order valence-corrected chi connectivity index (χ0v) is 13.8. The molecule has 132 valence electrons. The molecule has 0 aliphatic rings. The van der Waals surface area contributed by atoms with Crippen LogP contribution in [0.2, 0.25) is 0 Å². The molecule has 0 aliphatic carbocycles. The molecule has 0 aliphatic heterocycles. The Morgan fingerprint density at radius 3 is 1.88 bits per heavy atom. The molecule has 0 radical (unpaired) electrons. The van der Waals surface area contributed by atoms with Crippen LogP contribution in [0, 0.1) is 0 Å². The second kappa shape index (κ2) is 7.43. The standard InChI is InChI=1S/C19H15NO6/c1-10(2)17(22)20-13-6-3-11(4-7-13)16(21)12-5-8-14(18(23)24)15(9-12)19(25)26/h3-9H,1H2,2H3,(H,20,22)(H,23,24)(H,25,26). The van der Waals surface area contributed by atoms with Gasteiger partial charge in [0.25, 0.3) is 5.91 Å². The summed E-state index contributed by atoms with van der Waals surface area (Å²) >= 11 is 0. The lowest BCUT2D eigenvalue weighted by Gasteiger charge is -2.07. The highest BCUT2D eigenvalue weighted by Gasteiger charge is 2.19. The summed E-state index contributed by atoms with van der Waals surface area (Å²) in [5, 5.41) is 20.7. The molecule has 2 rings (SSSR count). The molecule has 26 heavy (non-hydrogen) atoms. The molecule has 0 bridgehead atoms. The van der Waals surface area contributed by atoms with E-state index >= 15 is 0 Å². The van der Waals surface area contributed by atoms with E-state index in [4.69, 9.17) is 10.2 Å². The lowest BCUT2D eigenvalue weighted by molar-refractivity contribution is -0.112. The van der Waals surface area contributed by atoms with Gasteiger partial charge in [-0.1, -0.05) is 12.6 Å². The van der Waals surface area contributed by atoms with Crippen molar-refractivity contribution in [3.8, 4) is 0 Å². The van der Waals surface area contributed by atoms with Gasteiger partial charge < -0.3 is 15.5 Å². The number of carboxylic acid groups (broad SMARTS) is 2. The number of hydrogen-bond donors (Lipinski definition) is 3. The predicted molar refractivity (Wildman–Crippen MR) is 93.7 cm³/mol. The number of benzene rings is 2. The number of ketones is 1. The highest BCUT2D eigenvalue weighted by atomic mass is 16.4. The smallest absolute Gasteiger partial charge is 0.336 e. The van der Waals surface area contributed by atoms with Crippen molar-refractivity contribution in [1.82, 2.24) is 0 Å². The summed E-state index contributed by atoms with van der Waals surface area (Å²) in [5.74, 6) is -3.64. The number of rotatable bonds is 6. The number of carbonyl (C=O) groups excluding carboxylic acids is 2. The monoisotopic (exact) mass is 353 g/mol. The third-order valence-electron chi connectivity index (χ3n) is 3.54. The number of anilines is 1. The van der Waals surface area contributed by atoms with Gasteiger partial charge >= 0.3 is 11.9 Å². The maximum atomic E-state index is 12.5. The molecule has 0 aromatic heterocycles. The van der Waals surface area contributed by atoms with Crippen molar-refractivity contribution in [3.05, 3.63) is 76.9 Å². The Hall–Kier alpha value is -3.74. The number of hydrogen-bond acceptors (Lipinski definition) is 4. The summed E-state index contributed by atoms with van der Waals surface area (Å²) in [6.07, 6.45) is 0. The van der Waals surface area contributed by atoms with E-state index < -0.39 is 28.8 Å². The minimum Gasteiger partial charge on any atom is -0.478 e. The van der Waals surface area contributed by atoms with Crippen LogP contribution in [0.25, 0.3) is 0 Å². The van der Waals surface area contributed by atoms with Gasteiger partial charge in [0.05, 0.1) is 11.1 Å². The molecule has 7 nitrogen and oxygen atoms in total. The molecule has 0 atom stereocenters. The van der Waals surface area contributed by atoms with Crippen LogP contribution in [0.15, 0.2) is 54.6 Å². The van der Waals surface area contributed by atoms with Gasteiger partial charge in [-0.25, -0.2) is 9.59 Å². The van der Waals surface area contributed by atoms with Crippen LogP contribution < -0.4 is 5.32 Å². The highest BCUT2D eigenvalue weighted by molar-refractivity contribution is 6.12. The van der Waals surface area contributed by atoms with Crippen LogP contribution >= 0.6 is 0 Å². The number of nitrogens with one attached hydrogen (secondary N) is 1. The minimum atomic E-state index is -1.44. The molecule has 0 saturated carbocycles. The first-order valence-corrected chi connectivity index (χ1v) is 7.43. The summed E-state index contributed by atoms with van der Waals surface area (Å²) < 4.78 is 0. The van der Waals surface area contributed by atoms with Crippen LogP contribution in [0.5, 0.6) is 0 Å². The van der Waals surface area contributed by atoms with E-state index in [1.807, 2.05) is 0 Å². The normalized spacial score (nSPS) is 10.0. The van der Waals surface area contributed by atoms with Crippen molar-refractivity contribution in [2.75, 3.05) is 5.32 Å². The molecule has 1 amide bonds. The van der Waals surface area contributed by atoms with Crippen molar-refractivity contribution in [1.29, 1.82) is 0 Å². The SMILES string of the molecule is C=C(C)C(=O)Nc1ccc(C(=O)c2ccc(C(=O)O)c(C(=O)O)c2)cc1. The largest absolute Gasteiger partial charge is 0.478 e. The Morgan fingerprint density at radius 2 is 1.38 bits per heavy atom. The van der Waals surface area contributed by atoms with Gasteiger partial charge in [-0.3, -0.25) is 9.59 Å². The molecular weight excluding hydrogens is 338 g/mol. The third kappa shape index (κ3) is 4.02. The predicted octanol–water partition coefficient (Wildman–Crippen LogP) is 2.83. The maximum absolute atomic E-state index is 12.5. The lowest BCUT2D eigenvalue weighted by Crippen LogP contribution is -2.12. The Morgan fingerprint density at radius 1 is 0.846 bits per heavy atom. The Bertz CT molecular complexity index is 928. The molecule has 0 saturated heterocycles. The first kappa shape index (κ1) is 18.6. The van der Waals surface area contributed by atoms with E-state index in [1.54, 1.807) is 6.92 Å². The number of amides is 1. The number of aromatic carboxylic acids is 2. The fraction of sp³-hybridized carbons (Fsp3) is 0.0526. The summed E-state index contributed by atoms with van der Waals surface area (Å²) in [6.45, 7) is 5.09. The number of carboxylic acids is 2. The van der Waals surface area contributed by atoms with Gasteiger partial charge in [0.15, 0.2) is 5.78 Å². The fourth-order valence-corrected chi connectivity index (χ4v) is 2.16. The van der Waals surface area contributed by atoms with E-state index in [2.05, 4.69) is 11.9 Å². The van der Waals surface area contributed by atoms with E-state index in [0.717, 1.165) is 12.1 Å². The van der Waals surface area contributed by atoms with Crippen LogP contribution in [0.1, 0.15) is 43.6 Å². The van der Waals surface area contributed by atoms with Gasteiger partial charge in [0.1, 0.15) is 0 Å². The van der Waals surface area contributed by atoms with E-state index in [1.165, 1.54) is 30.3 Å². The molecule has 0 heterocycles. The minimum absolute atomic E-state index is 0.0473. The summed E-state index contributed by atoms with van der Waals surface area (Å²) in [7, 11) is 0. The third-order valence-corrected chi connectivity index (χ3v) is 3.54. The van der Waals surface area contributed by atoms with Gasteiger partial charge in [-0.05, 0) is 43.3 Å². The lowest BCUT2D eigenvalue weighted by atomic mass is 9.98. The molecule has 0 spiro atoms. The summed E-state index contributed by atoms with van der Waals surface area (Å²) in [5.41, 5.74) is 0.260. The first-order chi connectivity index (χ1) is 12.2. The van der Waals surface area contributed by atoms with E-state index in [9.17, 15) is 19.2 Å². The van der Waals surface area contributed by atoms with Crippen LogP contribution in [0.3, 0.4) is 0 Å². The van der Waals surface area contributed by atoms with Crippen LogP contribution in [-0.4, -0.2) is 33.8 Å². The second-order valence-electron chi connectivity index (χ2n) is 5.51. The van der Waals surface area contributed by atoms with Crippen molar-refractivity contribution in [3.63, 3.8) is 0 Å². The van der Waals surface area contributed by atoms with E-state index in [0.29, 0.717) is 11.3 Å². The van der Waals surface area contributed by atoms with Crippen molar-refractivity contribution >= 4 is 29.3 Å². The van der Waals surface area contributed by atoms with Crippen LogP contribution in [0.4, 0.5) is 5.69 Å². The van der Waals surface area contributed by atoms with Gasteiger partial charge in [-0.2, -0.15) is 0 Å². The maximum Gasteiger partial charge on any atom is 0.336 e. The van der Waals surface area contributed by atoms with Crippen molar-refractivity contribution < 1.29 is 29.4 Å². The average molecular weight is 353 g/mol. The molecule has 0 fully saturated rings. The highest BCUT2D eigenvalue weighted by Crippen LogP contribution is 2.18. The first-order valence-electron chi connectivity index (χ1n) is 7.43. The van der Waals surface area contributed by atoms with Gasteiger partial charge in [0.2, 0.25) is 0 Å². The van der Waals surface area contributed by atoms with Gasteiger partial charge in [-0.15, -0.1) is 0 Å². The summed E-state index contributed by atoms with van der Waals surface area (Å²) in [4.78, 5) is 46.3. The van der Waals surface area contributed by atoms with Gasteiger partial charge in [0, 0.05) is 22.4 Å². The molecular formula is C19H15NO6. The molecule has 2 aromatic carbocycles. The Kier molecular flexibility index (Phi) is 5.32. The second-order valence-corrected chi connectivity index (χ2v) is 5.51. The Labute approximate surface area is 148 Å². The summed E-state index contributed by atoms with van der Waals surface area (Å²) in [6, 6.07) is 9.37. The van der Waals surface area contributed by atoms with Crippen molar-refractivity contribution in [2.45, 2.75) is 6.92 Å². The molecule has 3 N–H and O–H groups in total. The molecule has 7 heteroatoms. The fourth-order valence-electron chi connectivity index (χ4n) is 2.16. The molecule has 2 aromatic rings. The zero-order chi connectivity index (χ0) is 19.4. The quantitative estimate of drug-likeness (QED) is 0.542. The average Bonchev–Trinajstić information content (AvgIpc) is 2.60. The van der Waals surface area contributed by atoms with E-state index in [-0.39, 0.29) is 17.0 Å². The van der Waals surface area contributed by atoms with Crippen LogP contribution in [-0.2, 0) is 4.79 Å². The Balaban J connectivity index is 2.30. The molecule has 0 unspecified atom stereocenters. The number of carbonyl (C=O) groups is 4.